The van der Waals surface area contributed by atoms with Gasteiger partial charge in [-0.25, -0.2) is 0 Å². The summed E-state index contributed by atoms with van der Waals surface area (Å²) in [7, 11) is 0. The fourth-order valence-electron chi connectivity index (χ4n) is 6.93. The number of rotatable bonds is 3. The molecular formula is C25H26N2O5S2. The predicted molar refractivity (Wildman–Crippen MR) is 128 cm³/mol. The summed E-state index contributed by atoms with van der Waals surface area (Å²) in [5.41, 5.74) is 2.38. The lowest BCUT2D eigenvalue weighted by atomic mass is 9.68. The highest BCUT2D eigenvalue weighted by Crippen LogP contribution is 2.68. The number of hydrogen-bond donors (Lipinski definition) is 2. The van der Waals surface area contributed by atoms with E-state index in [1.54, 1.807) is 11.8 Å². The average Bonchev–Trinajstić information content (AvgIpc) is 3.48. The molecule has 2 aliphatic heterocycles. The summed E-state index contributed by atoms with van der Waals surface area (Å²) in [6.45, 7) is 5.96. The third kappa shape index (κ3) is 3.02. The molecule has 2 amide bonds. The molecule has 2 saturated carbocycles. The Morgan fingerprint density at radius 3 is 2.35 bits per heavy atom. The average molecular weight is 499 g/mol. The van der Waals surface area contributed by atoms with Crippen molar-refractivity contribution in [2.75, 3.05) is 6.54 Å². The molecule has 4 aliphatic rings. The topological polar surface area (TPSA) is 108 Å². The molecule has 6 rings (SSSR count). The number of thioether (sulfide) groups is 1. The molecule has 1 aromatic heterocycles. The summed E-state index contributed by atoms with van der Waals surface area (Å²) in [5.74, 6) is -2.62. The number of carboxylic acid groups (broad SMARTS) is 1. The van der Waals surface area contributed by atoms with E-state index >= 15 is 0 Å². The van der Waals surface area contributed by atoms with Crippen LogP contribution in [0.25, 0.3) is 0 Å². The molecule has 7 atom stereocenters. The molecule has 0 spiro atoms. The van der Waals surface area contributed by atoms with Crippen LogP contribution < -0.4 is 4.87 Å². The van der Waals surface area contributed by atoms with Crippen LogP contribution in [-0.4, -0.2) is 44.6 Å². The van der Waals surface area contributed by atoms with E-state index in [1.165, 1.54) is 16.9 Å². The number of H-pyrrole nitrogens is 1. The molecule has 3 fully saturated rings. The number of amides is 2. The Morgan fingerprint density at radius 1 is 1.09 bits per heavy atom. The number of thiazole rings is 1. The molecule has 2 aromatic rings. The second-order valence-corrected chi connectivity index (χ2v) is 13.2. The number of carbonyl (C=O) groups excluding carboxylic acids is 2. The number of fused-ring (bicyclic) bond motifs is 9. The van der Waals surface area contributed by atoms with E-state index in [2.05, 4.69) is 50.0 Å². The van der Waals surface area contributed by atoms with Crippen LogP contribution in [0.15, 0.2) is 34.1 Å². The minimum atomic E-state index is -1.17. The highest BCUT2D eigenvalue weighted by molar-refractivity contribution is 8.00. The van der Waals surface area contributed by atoms with E-state index in [9.17, 15) is 24.3 Å². The van der Waals surface area contributed by atoms with Gasteiger partial charge in [0, 0.05) is 16.0 Å². The number of aromatic amines is 1. The molecular weight excluding hydrogens is 472 g/mol. The molecule has 3 heterocycles. The normalized spacial score (nSPS) is 33.7. The van der Waals surface area contributed by atoms with Gasteiger partial charge in [0.05, 0.1) is 16.9 Å². The van der Waals surface area contributed by atoms with Crippen LogP contribution in [0.3, 0.4) is 0 Å². The molecule has 178 valence electrons. The van der Waals surface area contributed by atoms with Gasteiger partial charge in [0.15, 0.2) is 0 Å². The van der Waals surface area contributed by atoms with Crippen LogP contribution in [0.5, 0.6) is 0 Å². The molecule has 9 heteroatoms. The van der Waals surface area contributed by atoms with Crippen LogP contribution in [0.2, 0.25) is 0 Å². The Kier molecular flexibility index (Phi) is 4.75. The summed E-state index contributed by atoms with van der Waals surface area (Å²) >= 11 is 2.88. The predicted octanol–water partition coefficient (Wildman–Crippen LogP) is 3.29. The SMILES string of the molecule is CC(C)(C)c1ccc([C@@H]2c3sc(=O)[nH]c3S[C@@H]3[C@H]4C[C@@H]([C@@H]5C(=O)N(CC(=O)O)C(=O)[C@H]45)[C@@H]23)cc1. The number of aromatic nitrogens is 1. The van der Waals surface area contributed by atoms with Crippen molar-refractivity contribution in [2.45, 2.75) is 48.8 Å². The van der Waals surface area contributed by atoms with Gasteiger partial charge in [0.2, 0.25) is 11.8 Å². The number of nitrogens with zero attached hydrogens (tertiary/aromatic N) is 1. The van der Waals surface area contributed by atoms with E-state index in [4.69, 9.17) is 0 Å². The summed E-state index contributed by atoms with van der Waals surface area (Å²) in [5, 5.41) is 10.2. The fraction of sp³-hybridized carbons (Fsp3) is 0.520. The molecule has 2 bridgehead atoms. The van der Waals surface area contributed by atoms with E-state index < -0.39 is 24.3 Å². The zero-order valence-corrected chi connectivity index (χ0v) is 20.7. The van der Waals surface area contributed by atoms with Crippen molar-refractivity contribution in [3.63, 3.8) is 0 Å². The van der Waals surface area contributed by atoms with Crippen LogP contribution in [0, 0.1) is 29.6 Å². The number of nitrogens with one attached hydrogen (secondary N) is 1. The summed E-state index contributed by atoms with van der Waals surface area (Å²) in [6, 6.07) is 8.59. The molecule has 2 N–H and O–H groups in total. The van der Waals surface area contributed by atoms with E-state index in [0.29, 0.717) is 0 Å². The van der Waals surface area contributed by atoms with Crippen LogP contribution in [-0.2, 0) is 19.8 Å². The Morgan fingerprint density at radius 2 is 1.74 bits per heavy atom. The minimum Gasteiger partial charge on any atom is -0.480 e. The highest BCUT2D eigenvalue weighted by atomic mass is 32.2. The first-order valence-corrected chi connectivity index (χ1v) is 13.3. The van der Waals surface area contributed by atoms with Gasteiger partial charge >= 0.3 is 10.8 Å². The third-order valence-electron chi connectivity index (χ3n) is 8.24. The third-order valence-corrected chi connectivity index (χ3v) is 10.8. The van der Waals surface area contributed by atoms with Crippen LogP contribution >= 0.6 is 23.1 Å². The fourth-order valence-corrected chi connectivity index (χ4v) is 9.82. The smallest absolute Gasteiger partial charge is 0.323 e. The number of carbonyl (C=O) groups is 3. The Labute approximate surface area is 204 Å². The minimum absolute atomic E-state index is 0.000361. The molecule has 2 aliphatic carbocycles. The summed E-state index contributed by atoms with van der Waals surface area (Å²) < 4.78 is 0. The Balaban J connectivity index is 1.43. The zero-order chi connectivity index (χ0) is 24.1. The monoisotopic (exact) mass is 498 g/mol. The lowest BCUT2D eigenvalue weighted by Crippen LogP contribution is -2.42. The second kappa shape index (κ2) is 7.31. The lowest BCUT2D eigenvalue weighted by Gasteiger charge is -2.43. The van der Waals surface area contributed by atoms with Gasteiger partial charge < -0.3 is 10.1 Å². The molecule has 0 radical (unpaired) electrons. The van der Waals surface area contributed by atoms with Gasteiger partial charge in [0.25, 0.3) is 0 Å². The maximum atomic E-state index is 13.2. The first kappa shape index (κ1) is 22.1. The lowest BCUT2D eigenvalue weighted by molar-refractivity contribution is -0.149. The molecule has 0 unspecified atom stereocenters. The first-order chi connectivity index (χ1) is 16.1. The van der Waals surface area contributed by atoms with Crippen molar-refractivity contribution in [1.29, 1.82) is 0 Å². The van der Waals surface area contributed by atoms with E-state index in [-0.39, 0.29) is 51.0 Å². The zero-order valence-electron chi connectivity index (χ0n) is 19.1. The van der Waals surface area contributed by atoms with Gasteiger partial charge in [-0.1, -0.05) is 56.4 Å². The Bertz CT molecular complexity index is 1270. The number of aliphatic carboxylic acids is 1. The van der Waals surface area contributed by atoms with Gasteiger partial charge in [-0.05, 0) is 40.7 Å². The second-order valence-electron chi connectivity index (χ2n) is 11.0. The number of likely N-dealkylation sites (tertiary alicyclic amines) is 1. The molecule has 1 saturated heterocycles. The largest absolute Gasteiger partial charge is 0.480 e. The Hall–Kier alpha value is -2.39. The van der Waals surface area contributed by atoms with Crippen molar-refractivity contribution in [2.24, 2.45) is 29.6 Å². The van der Waals surface area contributed by atoms with Crippen molar-refractivity contribution >= 4 is 40.9 Å². The van der Waals surface area contributed by atoms with Crippen molar-refractivity contribution in [1.82, 2.24) is 9.88 Å². The highest BCUT2D eigenvalue weighted by Gasteiger charge is 2.69. The number of imide groups is 1. The van der Waals surface area contributed by atoms with Gasteiger partial charge in [0.1, 0.15) is 6.54 Å². The first-order valence-electron chi connectivity index (χ1n) is 11.6. The maximum Gasteiger partial charge on any atom is 0.323 e. The van der Waals surface area contributed by atoms with Crippen LogP contribution in [0.4, 0.5) is 0 Å². The van der Waals surface area contributed by atoms with E-state index in [0.717, 1.165) is 26.8 Å². The number of benzene rings is 1. The van der Waals surface area contributed by atoms with Crippen molar-refractivity contribution in [3.05, 3.63) is 49.9 Å². The van der Waals surface area contributed by atoms with Crippen LogP contribution in [0.1, 0.15) is 49.1 Å². The number of carboxylic acids is 1. The summed E-state index contributed by atoms with van der Waals surface area (Å²) in [6.07, 6.45) is 0.797. The number of hydrogen-bond acceptors (Lipinski definition) is 6. The molecule has 1 aromatic carbocycles. The van der Waals surface area contributed by atoms with Gasteiger partial charge in [-0.2, -0.15) is 0 Å². The molecule has 7 nitrogen and oxygen atoms in total. The standard InChI is InChI=1S/C25H26N2O5S2/c1-25(2,3)11-6-4-10(5-7-11)15-16-12-8-13(19(16)33-21-20(15)34-24(32)26-21)18-17(12)22(30)27(23(18)31)9-14(28)29/h4-7,12-13,15-19H,8-9H2,1-3H3,(H,26,32)(H,28,29)/t12-,13+,15+,16+,17+,18-,19-/m1/s1. The van der Waals surface area contributed by atoms with Gasteiger partial charge in [-0.15, -0.1) is 11.8 Å². The van der Waals surface area contributed by atoms with Gasteiger partial charge in [-0.3, -0.25) is 24.1 Å². The van der Waals surface area contributed by atoms with Crippen molar-refractivity contribution < 1.29 is 19.5 Å². The maximum absolute atomic E-state index is 13.2. The van der Waals surface area contributed by atoms with E-state index in [1.807, 2.05) is 0 Å². The summed E-state index contributed by atoms with van der Waals surface area (Å²) in [4.78, 5) is 54.9. The van der Waals surface area contributed by atoms with Crippen molar-refractivity contribution in [3.8, 4) is 0 Å². The quantitative estimate of drug-likeness (QED) is 0.629. The molecule has 34 heavy (non-hydrogen) atoms.